The number of carbonyl (C=O) groups is 1. The van der Waals surface area contributed by atoms with E-state index in [1.54, 1.807) is 11.3 Å². The third-order valence-corrected chi connectivity index (χ3v) is 5.23. The van der Waals surface area contributed by atoms with Crippen molar-refractivity contribution in [2.45, 2.75) is 26.4 Å². The lowest BCUT2D eigenvalue weighted by Crippen LogP contribution is -2.45. The van der Waals surface area contributed by atoms with Gasteiger partial charge in [-0.1, -0.05) is 37.3 Å². The molecule has 1 fully saturated rings. The van der Waals surface area contributed by atoms with Crippen LogP contribution < -0.4 is 5.32 Å². The lowest BCUT2D eigenvalue weighted by atomic mass is 10.2. The first kappa shape index (κ1) is 18.0. The summed E-state index contributed by atoms with van der Waals surface area (Å²) in [5, 5.41) is 5.77. The Morgan fingerprint density at radius 1 is 1.12 bits per heavy atom. The number of aromatic nitrogens is 1. The molecular weight excluding hydrogens is 332 g/mol. The summed E-state index contributed by atoms with van der Waals surface area (Å²) < 4.78 is 0. The SMILES string of the molecule is CCCNC(=O)c1csc(CN2CCN(Cc3ccccc3)CC2)n1. The Labute approximate surface area is 153 Å². The number of thiazole rings is 1. The van der Waals surface area contributed by atoms with Gasteiger partial charge in [0.1, 0.15) is 10.7 Å². The van der Waals surface area contributed by atoms with Gasteiger partial charge in [0.25, 0.3) is 5.91 Å². The largest absolute Gasteiger partial charge is 0.351 e. The van der Waals surface area contributed by atoms with Gasteiger partial charge in [-0.15, -0.1) is 11.3 Å². The van der Waals surface area contributed by atoms with Crippen molar-refractivity contribution in [1.82, 2.24) is 20.1 Å². The molecule has 134 valence electrons. The number of nitrogens with zero attached hydrogens (tertiary/aromatic N) is 3. The molecule has 0 atom stereocenters. The average molecular weight is 359 g/mol. The van der Waals surface area contributed by atoms with E-state index in [9.17, 15) is 4.79 Å². The number of carbonyl (C=O) groups excluding carboxylic acids is 1. The molecule has 0 aliphatic carbocycles. The third-order valence-electron chi connectivity index (χ3n) is 4.39. The fraction of sp³-hybridized carbons (Fsp3) is 0.474. The Morgan fingerprint density at radius 3 is 2.48 bits per heavy atom. The lowest BCUT2D eigenvalue weighted by Gasteiger charge is -2.34. The van der Waals surface area contributed by atoms with E-state index >= 15 is 0 Å². The van der Waals surface area contributed by atoms with Crippen LogP contribution in [0.3, 0.4) is 0 Å². The molecule has 1 aromatic carbocycles. The van der Waals surface area contributed by atoms with Gasteiger partial charge in [-0.3, -0.25) is 14.6 Å². The Hall–Kier alpha value is -1.76. The van der Waals surface area contributed by atoms with Crippen molar-refractivity contribution in [2.24, 2.45) is 0 Å². The molecule has 6 heteroatoms. The van der Waals surface area contributed by atoms with Crippen molar-refractivity contribution in [2.75, 3.05) is 32.7 Å². The Morgan fingerprint density at radius 2 is 1.80 bits per heavy atom. The van der Waals surface area contributed by atoms with Crippen LogP contribution in [-0.2, 0) is 13.1 Å². The van der Waals surface area contributed by atoms with Gasteiger partial charge < -0.3 is 5.32 Å². The van der Waals surface area contributed by atoms with Crippen LogP contribution in [0.25, 0.3) is 0 Å². The van der Waals surface area contributed by atoms with Crippen molar-refractivity contribution in [1.29, 1.82) is 0 Å². The lowest BCUT2D eigenvalue weighted by molar-refractivity contribution is 0.0948. The fourth-order valence-corrected chi connectivity index (χ4v) is 3.77. The first-order valence-electron chi connectivity index (χ1n) is 8.96. The Balaban J connectivity index is 1.44. The minimum atomic E-state index is -0.0583. The molecule has 1 N–H and O–H groups in total. The van der Waals surface area contributed by atoms with Gasteiger partial charge >= 0.3 is 0 Å². The minimum Gasteiger partial charge on any atom is -0.351 e. The molecule has 1 saturated heterocycles. The number of amides is 1. The summed E-state index contributed by atoms with van der Waals surface area (Å²) in [6, 6.07) is 10.6. The van der Waals surface area contributed by atoms with Gasteiger partial charge in [0.05, 0.1) is 6.54 Å². The summed E-state index contributed by atoms with van der Waals surface area (Å²) >= 11 is 1.58. The molecule has 3 rings (SSSR count). The van der Waals surface area contributed by atoms with Gasteiger partial charge in [-0.05, 0) is 12.0 Å². The predicted octanol–water partition coefficient (Wildman–Crippen LogP) is 2.60. The van der Waals surface area contributed by atoms with Crippen LogP contribution in [0.1, 0.15) is 34.4 Å². The maximum absolute atomic E-state index is 11.9. The van der Waals surface area contributed by atoms with Crippen molar-refractivity contribution >= 4 is 17.2 Å². The Kier molecular flexibility index (Phi) is 6.55. The first-order chi connectivity index (χ1) is 12.2. The molecule has 2 heterocycles. The smallest absolute Gasteiger partial charge is 0.270 e. The number of nitrogens with one attached hydrogen (secondary N) is 1. The van der Waals surface area contributed by atoms with Crippen LogP contribution in [0.5, 0.6) is 0 Å². The molecule has 0 radical (unpaired) electrons. The molecule has 0 bridgehead atoms. The molecule has 5 nitrogen and oxygen atoms in total. The summed E-state index contributed by atoms with van der Waals surface area (Å²) in [6.45, 7) is 8.85. The van der Waals surface area contributed by atoms with Crippen molar-refractivity contribution in [3.05, 3.63) is 52.0 Å². The normalized spacial score (nSPS) is 16.0. The maximum Gasteiger partial charge on any atom is 0.270 e. The molecular formula is C19H26N4OS. The minimum absolute atomic E-state index is 0.0583. The van der Waals surface area contributed by atoms with Crippen molar-refractivity contribution in [3.63, 3.8) is 0 Å². The zero-order valence-corrected chi connectivity index (χ0v) is 15.6. The van der Waals surface area contributed by atoms with E-state index in [-0.39, 0.29) is 5.91 Å². The molecule has 0 spiro atoms. The van der Waals surface area contributed by atoms with E-state index < -0.39 is 0 Å². The van der Waals surface area contributed by atoms with E-state index in [1.165, 1.54) is 5.56 Å². The van der Waals surface area contributed by atoms with E-state index in [4.69, 9.17) is 0 Å². The second kappa shape index (κ2) is 9.08. The zero-order chi connectivity index (χ0) is 17.5. The molecule has 0 saturated carbocycles. The first-order valence-corrected chi connectivity index (χ1v) is 9.84. The van der Waals surface area contributed by atoms with Crippen molar-refractivity contribution < 1.29 is 4.79 Å². The maximum atomic E-state index is 11.9. The summed E-state index contributed by atoms with van der Waals surface area (Å²) in [7, 11) is 0. The van der Waals surface area contributed by atoms with Gasteiger partial charge in [0.15, 0.2) is 0 Å². The van der Waals surface area contributed by atoms with Crippen LogP contribution in [0.2, 0.25) is 0 Å². The van der Waals surface area contributed by atoms with E-state index in [1.807, 2.05) is 12.3 Å². The summed E-state index contributed by atoms with van der Waals surface area (Å²) in [5.41, 5.74) is 1.93. The number of benzene rings is 1. The highest BCUT2D eigenvalue weighted by molar-refractivity contribution is 7.09. The molecule has 1 amide bonds. The van der Waals surface area contributed by atoms with Gasteiger partial charge in [0.2, 0.25) is 0 Å². The van der Waals surface area contributed by atoms with Crippen LogP contribution in [-0.4, -0.2) is 53.4 Å². The highest BCUT2D eigenvalue weighted by Crippen LogP contribution is 2.15. The topological polar surface area (TPSA) is 48.5 Å². The van der Waals surface area contributed by atoms with Crippen LogP contribution in [0.4, 0.5) is 0 Å². The van der Waals surface area contributed by atoms with Gasteiger partial charge in [-0.2, -0.15) is 0 Å². The highest BCUT2D eigenvalue weighted by atomic mass is 32.1. The Bertz CT molecular complexity index is 665. The molecule has 0 unspecified atom stereocenters. The number of rotatable bonds is 7. The van der Waals surface area contributed by atoms with Gasteiger partial charge in [-0.25, -0.2) is 4.98 Å². The molecule has 1 aliphatic heterocycles. The van der Waals surface area contributed by atoms with Crippen LogP contribution >= 0.6 is 11.3 Å². The summed E-state index contributed by atoms with van der Waals surface area (Å²) in [6.07, 6.45) is 0.940. The van der Waals surface area contributed by atoms with Crippen LogP contribution in [0.15, 0.2) is 35.7 Å². The standard InChI is InChI=1S/C19H26N4OS/c1-2-8-20-19(24)17-15-25-18(21-17)14-23-11-9-22(10-12-23)13-16-6-4-3-5-7-16/h3-7,15H,2,8-14H2,1H3,(H,20,24). The monoisotopic (exact) mass is 358 g/mol. The predicted molar refractivity (Wildman–Crippen MR) is 102 cm³/mol. The molecule has 25 heavy (non-hydrogen) atoms. The quantitative estimate of drug-likeness (QED) is 0.827. The molecule has 1 aliphatic rings. The van der Waals surface area contributed by atoms with E-state index in [2.05, 4.69) is 50.4 Å². The number of hydrogen-bond acceptors (Lipinski definition) is 5. The highest BCUT2D eigenvalue weighted by Gasteiger charge is 2.19. The van der Waals surface area contributed by atoms with Crippen molar-refractivity contribution in [3.8, 4) is 0 Å². The van der Waals surface area contributed by atoms with Gasteiger partial charge in [0, 0.05) is 44.6 Å². The number of piperazine rings is 1. The molecule has 1 aromatic heterocycles. The zero-order valence-electron chi connectivity index (χ0n) is 14.8. The second-order valence-electron chi connectivity index (χ2n) is 6.42. The van der Waals surface area contributed by atoms with E-state index in [0.29, 0.717) is 12.2 Å². The summed E-state index contributed by atoms with van der Waals surface area (Å²) in [5.74, 6) is -0.0583. The second-order valence-corrected chi connectivity index (χ2v) is 7.36. The fourth-order valence-electron chi connectivity index (χ4n) is 2.96. The van der Waals surface area contributed by atoms with E-state index in [0.717, 1.165) is 50.7 Å². The third kappa shape index (κ3) is 5.36. The average Bonchev–Trinajstić information content (AvgIpc) is 3.11. The number of hydrogen-bond donors (Lipinski definition) is 1. The van der Waals surface area contributed by atoms with Crippen LogP contribution in [0, 0.1) is 0 Å². The summed E-state index contributed by atoms with van der Waals surface area (Å²) in [4.78, 5) is 21.4. The molecule has 2 aromatic rings.